The summed E-state index contributed by atoms with van der Waals surface area (Å²) >= 11 is 1.06. The van der Waals surface area contributed by atoms with Gasteiger partial charge in [-0.05, 0) is 51.5 Å². The number of hydrogen-bond acceptors (Lipinski definition) is 13. The molecule has 2 saturated heterocycles. The van der Waals surface area contributed by atoms with Crippen molar-refractivity contribution in [1.82, 2.24) is 25.6 Å². The van der Waals surface area contributed by atoms with Crippen molar-refractivity contribution in [3.8, 4) is 5.75 Å². The van der Waals surface area contributed by atoms with Crippen LogP contribution in [0.25, 0.3) is 0 Å². The Morgan fingerprint density at radius 3 is 2.52 bits per heavy atom. The van der Waals surface area contributed by atoms with Crippen LogP contribution in [-0.2, 0) is 29.1 Å². The van der Waals surface area contributed by atoms with Crippen molar-refractivity contribution in [2.24, 2.45) is 5.16 Å². The number of rotatable bonds is 12. The normalized spacial score (nSPS) is 19.7. The Kier molecular flexibility index (Phi) is 9.72. The number of carbonyl (C=O) groups is 2. The van der Waals surface area contributed by atoms with Crippen LogP contribution < -0.4 is 21.1 Å². The smallest absolute Gasteiger partial charge is 0.418 e. The molecular formula is C25H33N9O8S2. The second-order valence-corrected chi connectivity index (χ2v) is 12.3. The highest BCUT2D eigenvalue weighted by Gasteiger charge is 2.58. The van der Waals surface area contributed by atoms with E-state index in [1.807, 2.05) is 4.90 Å². The third kappa shape index (κ3) is 7.78. The fourth-order valence-corrected chi connectivity index (χ4v) is 5.52. The van der Waals surface area contributed by atoms with Crippen molar-refractivity contribution in [3.63, 3.8) is 0 Å². The van der Waals surface area contributed by atoms with Gasteiger partial charge in [-0.2, -0.15) is 13.5 Å². The number of nitrogen functional groups attached to an aromatic ring is 1. The van der Waals surface area contributed by atoms with Gasteiger partial charge in [0.25, 0.3) is 11.8 Å². The average Bonchev–Trinajstić information content (AvgIpc) is 3.61. The Bertz CT molecular complexity index is 1560. The molecule has 3 heterocycles. The topological polar surface area (TPSA) is 246 Å². The maximum Gasteiger partial charge on any atom is 0.418 e. The predicted octanol–water partition coefficient (Wildman–Crippen LogP) is 0.351. The molecule has 238 valence electrons. The molecule has 0 spiro atoms. The largest absolute Gasteiger partial charge is 0.490 e. The molecule has 2 fully saturated rings. The van der Waals surface area contributed by atoms with Gasteiger partial charge in [0.05, 0.1) is 11.4 Å². The lowest BCUT2D eigenvalue weighted by Crippen LogP contribution is -2.76. The van der Waals surface area contributed by atoms with Crippen molar-refractivity contribution in [1.29, 1.82) is 10.8 Å². The van der Waals surface area contributed by atoms with Gasteiger partial charge in [0.1, 0.15) is 29.9 Å². The number of nitrogens with two attached hydrogens (primary N) is 1. The lowest BCUT2D eigenvalue weighted by molar-refractivity contribution is -0.218. The zero-order valence-electron chi connectivity index (χ0n) is 24.1. The van der Waals surface area contributed by atoms with Crippen molar-refractivity contribution >= 4 is 56.1 Å². The van der Waals surface area contributed by atoms with Crippen molar-refractivity contribution in [2.45, 2.75) is 44.8 Å². The Morgan fingerprint density at radius 2 is 1.95 bits per heavy atom. The minimum atomic E-state index is -4.95. The third-order valence-corrected chi connectivity index (χ3v) is 7.87. The molecule has 4 rings (SSSR count). The fraction of sp³-hybridized carbons (Fsp3) is 0.440. The highest BCUT2D eigenvalue weighted by molar-refractivity contribution is 7.80. The monoisotopic (exact) mass is 651 g/mol. The summed E-state index contributed by atoms with van der Waals surface area (Å²) in [5.74, 6) is -0.441. The van der Waals surface area contributed by atoms with Crippen LogP contribution in [0.15, 0.2) is 34.8 Å². The van der Waals surface area contributed by atoms with Crippen LogP contribution in [-0.4, -0.2) is 101 Å². The summed E-state index contributed by atoms with van der Waals surface area (Å²) in [6.45, 7) is 6.06. The Hall–Kier alpha value is -4.33. The first-order valence-electron chi connectivity index (χ1n) is 13.3. The summed E-state index contributed by atoms with van der Waals surface area (Å²) in [4.78, 5) is 36.8. The number of carbonyl (C=O) groups excluding carboxylic acids is 2. The van der Waals surface area contributed by atoms with Gasteiger partial charge in [-0.1, -0.05) is 5.16 Å². The van der Waals surface area contributed by atoms with E-state index >= 15 is 0 Å². The van der Waals surface area contributed by atoms with Gasteiger partial charge < -0.3 is 30.8 Å². The van der Waals surface area contributed by atoms with Crippen LogP contribution >= 0.6 is 11.3 Å². The summed E-state index contributed by atoms with van der Waals surface area (Å²) in [6, 6.07) is 5.80. The molecule has 2 atom stereocenters. The number of nitrogens with zero attached hydrogens (tertiary/aromatic N) is 4. The van der Waals surface area contributed by atoms with Gasteiger partial charge in [0, 0.05) is 30.1 Å². The molecule has 44 heavy (non-hydrogen) atoms. The number of hydrogen-bond donors (Lipinski definition) is 6. The van der Waals surface area contributed by atoms with Crippen molar-refractivity contribution in [2.75, 3.05) is 32.0 Å². The molecule has 2 aliphatic heterocycles. The molecule has 0 bridgehead atoms. The number of likely N-dealkylation sites (tertiary alicyclic amines) is 1. The first kappa shape index (κ1) is 32.6. The number of hydroxylamine groups is 2. The first-order valence-corrected chi connectivity index (χ1v) is 15.5. The van der Waals surface area contributed by atoms with Crippen LogP contribution in [0.2, 0.25) is 0 Å². The molecule has 2 aromatic rings. The molecule has 2 aliphatic rings. The van der Waals surface area contributed by atoms with Crippen LogP contribution in [0.3, 0.4) is 0 Å². The maximum absolute atomic E-state index is 13.1. The van der Waals surface area contributed by atoms with Crippen molar-refractivity contribution < 1.29 is 36.4 Å². The number of aromatic nitrogens is 1. The Balaban J connectivity index is 1.29. The molecule has 1 aromatic heterocycles. The van der Waals surface area contributed by atoms with E-state index in [1.165, 1.54) is 19.2 Å². The van der Waals surface area contributed by atoms with Gasteiger partial charge in [-0.25, -0.2) is 4.98 Å². The lowest BCUT2D eigenvalue weighted by atomic mass is 9.84. The standard InChI is InChI=1S/C25H33N9O8S2/c1-14(26)33-9-8-16(12-33)29-21(27)15-4-6-17(7-5-15)40-10-11-41-32-19(18-13-43-24(28)30-18)22(35)31-20-23(36)34(25(20,2)3)42-44(37,38)39/h4-7,13,16,20,26H,8-12H2,1-3H3,(H2,27,29)(H2,28,30)(H,31,35)(H,37,38,39)/b26-14?,32-19-/t16-,20+/m0/s1. The molecule has 0 unspecified atom stereocenters. The van der Waals surface area contributed by atoms with Gasteiger partial charge in [-0.3, -0.25) is 25.0 Å². The number of benzene rings is 1. The quantitative estimate of drug-likeness (QED) is 0.0455. The van der Waals surface area contributed by atoms with E-state index in [0.717, 1.165) is 24.3 Å². The van der Waals surface area contributed by atoms with Gasteiger partial charge in [0.15, 0.2) is 17.5 Å². The Morgan fingerprint density at radius 1 is 1.25 bits per heavy atom. The second kappa shape index (κ2) is 13.1. The highest BCUT2D eigenvalue weighted by atomic mass is 32.3. The SMILES string of the molecule is CC(=N)N1CC[C@H](NC(=N)c2ccc(OCCO/N=C(\C(=O)N[C@@H]3C(=O)N(OS(=O)(=O)O)C3(C)C)c3csc(N)n3)cc2)C1. The molecule has 19 heteroatoms. The summed E-state index contributed by atoms with van der Waals surface area (Å²) < 4.78 is 41.0. The molecule has 0 radical (unpaired) electrons. The highest BCUT2D eigenvalue weighted by Crippen LogP contribution is 2.33. The van der Waals surface area contributed by atoms with E-state index in [0.29, 0.717) is 28.8 Å². The fourth-order valence-electron chi connectivity index (χ4n) is 4.52. The van der Waals surface area contributed by atoms with E-state index in [1.54, 1.807) is 31.2 Å². The van der Waals surface area contributed by atoms with Crippen LogP contribution in [0.4, 0.5) is 5.13 Å². The number of nitrogens with one attached hydrogen (secondary N) is 4. The zero-order chi connectivity index (χ0) is 32.2. The van der Waals surface area contributed by atoms with Crippen molar-refractivity contribution in [3.05, 3.63) is 40.9 Å². The van der Waals surface area contributed by atoms with Crippen LogP contribution in [0, 0.1) is 10.8 Å². The summed E-state index contributed by atoms with van der Waals surface area (Å²) in [7, 11) is -4.95. The van der Waals surface area contributed by atoms with Gasteiger partial charge >= 0.3 is 10.4 Å². The molecule has 17 nitrogen and oxygen atoms in total. The molecular weight excluding hydrogens is 618 g/mol. The zero-order valence-corrected chi connectivity index (χ0v) is 25.7. The number of amides is 2. The number of ether oxygens (including phenoxy) is 1. The van der Waals surface area contributed by atoms with E-state index in [9.17, 15) is 18.0 Å². The molecule has 7 N–H and O–H groups in total. The molecule has 2 amide bonds. The summed E-state index contributed by atoms with van der Waals surface area (Å²) in [6.07, 6.45) is 0.850. The van der Waals surface area contributed by atoms with E-state index in [4.69, 9.17) is 30.7 Å². The van der Waals surface area contributed by atoms with Crippen LogP contribution in [0.1, 0.15) is 38.4 Å². The summed E-state index contributed by atoms with van der Waals surface area (Å²) in [5, 5.41) is 27.7. The first-order chi connectivity index (χ1) is 20.7. The summed E-state index contributed by atoms with van der Waals surface area (Å²) in [5.41, 5.74) is 4.86. The van der Waals surface area contributed by atoms with E-state index in [-0.39, 0.29) is 41.6 Å². The lowest BCUT2D eigenvalue weighted by Gasteiger charge is -2.50. The number of thiazole rings is 1. The van der Waals surface area contributed by atoms with Crippen LogP contribution in [0.5, 0.6) is 5.75 Å². The van der Waals surface area contributed by atoms with Gasteiger partial charge in [-0.15, -0.1) is 15.6 Å². The number of β-lactam (4-membered cyclic amide) rings is 1. The van der Waals surface area contributed by atoms with E-state index in [2.05, 4.69) is 25.1 Å². The van der Waals surface area contributed by atoms with Gasteiger partial charge in [0.2, 0.25) is 0 Å². The third-order valence-electron chi connectivity index (χ3n) is 6.85. The molecule has 1 aromatic carbocycles. The average molecular weight is 652 g/mol. The molecule has 0 aliphatic carbocycles. The minimum Gasteiger partial charge on any atom is -0.490 e. The minimum absolute atomic E-state index is 0.0591. The number of amidine groups is 2. The molecule has 0 saturated carbocycles. The second-order valence-electron chi connectivity index (χ2n) is 10.4. The van der Waals surface area contributed by atoms with E-state index < -0.39 is 33.8 Å². The number of oxime groups is 1. The Labute approximate surface area is 257 Å². The predicted molar refractivity (Wildman–Crippen MR) is 160 cm³/mol. The number of anilines is 1. The maximum atomic E-state index is 13.1.